The van der Waals surface area contributed by atoms with Gasteiger partial charge in [-0.25, -0.2) is 0 Å². The summed E-state index contributed by atoms with van der Waals surface area (Å²) in [7, 11) is 0. The van der Waals surface area contributed by atoms with E-state index in [1.54, 1.807) is 24.3 Å². The summed E-state index contributed by atoms with van der Waals surface area (Å²) < 4.78 is 1.01. The van der Waals surface area contributed by atoms with E-state index in [4.69, 9.17) is 0 Å². The predicted molar refractivity (Wildman–Crippen MR) is 91.5 cm³/mol. The molecule has 5 heteroatoms. The van der Waals surface area contributed by atoms with Crippen LogP contribution in [0.3, 0.4) is 0 Å². The molecule has 0 fully saturated rings. The molecule has 0 saturated carbocycles. The monoisotopic (exact) mass is 368 g/mol. The third-order valence-electron chi connectivity index (χ3n) is 4.21. The number of benzene rings is 2. The molecular weight excluding hydrogens is 356 g/mol. The van der Waals surface area contributed by atoms with Crippen molar-refractivity contribution in [1.82, 2.24) is 9.88 Å². The van der Waals surface area contributed by atoms with Crippen molar-refractivity contribution in [3.8, 4) is 0 Å². The third kappa shape index (κ3) is 2.28. The van der Waals surface area contributed by atoms with Gasteiger partial charge in [0, 0.05) is 28.1 Å². The van der Waals surface area contributed by atoms with Gasteiger partial charge < -0.3 is 4.98 Å². The highest BCUT2D eigenvalue weighted by Gasteiger charge is 2.34. The van der Waals surface area contributed by atoms with Gasteiger partial charge in [0.2, 0.25) is 0 Å². The van der Waals surface area contributed by atoms with Crippen LogP contribution in [0.25, 0.3) is 10.9 Å². The largest absolute Gasteiger partial charge is 0.361 e. The molecule has 0 bridgehead atoms. The zero-order chi connectivity index (χ0) is 16.0. The van der Waals surface area contributed by atoms with Crippen LogP contribution >= 0.6 is 15.9 Å². The molecule has 4 rings (SSSR count). The Morgan fingerprint density at radius 2 is 1.70 bits per heavy atom. The minimum Gasteiger partial charge on any atom is -0.361 e. The molecule has 2 amide bonds. The molecule has 114 valence electrons. The van der Waals surface area contributed by atoms with Gasteiger partial charge in [0.25, 0.3) is 11.8 Å². The first-order chi connectivity index (χ1) is 11.1. The fourth-order valence-electron chi connectivity index (χ4n) is 3.03. The average Bonchev–Trinajstić information content (AvgIpc) is 3.06. The number of rotatable bonds is 3. The van der Waals surface area contributed by atoms with Gasteiger partial charge in [0.05, 0.1) is 11.1 Å². The molecule has 2 heterocycles. The van der Waals surface area contributed by atoms with Crippen molar-refractivity contribution in [3.05, 3.63) is 69.8 Å². The first-order valence-electron chi connectivity index (χ1n) is 7.36. The van der Waals surface area contributed by atoms with Crippen molar-refractivity contribution in [3.63, 3.8) is 0 Å². The van der Waals surface area contributed by atoms with Crippen molar-refractivity contribution in [2.45, 2.75) is 6.42 Å². The van der Waals surface area contributed by atoms with Crippen LogP contribution in [-0.4, -0.2) is 28.2 Å². The van der Waals surface area contributed by atoms with Gasteiger partial charge in [0.15, 0.2) is 0 Å². The van der Waals surface area contributed by atoms with E-state index in [2.05, 4.69) is 20.9 Å². The Hall–Kier alpha value is -2.40. The first-order valence-corrected chi connectivity index (χ1v) is 8.15. The highest BCUT2D eigenvalue weighted by Crippen LogP contribution is 2.25. The number of amides is 2. The van der Waals surface area contributed by atoms with E-state index in [0.29, 0.717) is 24.1 Å². The van der Waals surface area contributed by atoms with Crippen LogP contribution in [0, 0.1) is 0 Å². The predicted octanol–water partition coefficient (Wildman–Crippen LogP) is 3.77. The minimum absolute atomic E-state index is 0.202. The number of hydrogen-bond donors (Lipinski definition) is 1. The smallest absolute Gasteiger partial charge is 0.261 e. The summed E-state index contributed by atoms with van der Waals surface area (Å²) in [6, 6.07) is 13.0. The Morgan fingerprint density at radius 3 is 2.39 bits per heavy atom. The molecule has 0 spiro atoms. The van der Waals surface area contributed by atoms with E-state index in [1.165, 1.54) is 4.90 Å². The van der Waals surface area contributed by atoms with Crippen LogP contribution in [0.2, 0.25) is 0 Å². The summed E-state index contributed by atoms with van der Waals surface area (Å²) in [6.07, 6.45) is 2.57. The summed E-state index contributed by atoms with van der Waals surface area (Å²) in [5.74, 6) is -0.404. The lowest BCUT2D eigenvalue weighted by Gasteiger charge is -2.13. The lowest BCUT2D eigenvalue weighted by Crippen LogP contribution is -2.31. The number of H-pyrrole nitrogens is 1. The van der Waals surface area contributed by atoms with Crippen molar-refractivity contribution >= 4 is 38.6 Å². The number of nitrogens with zero attached hydrogens (tertiary/aromatic N) is 1. The van der Waals surface area contributed by atoms with E-state index >= 15 is 0 Å². The zero-order valence-electron chi connectivity index (χ0n) is 12.2. The van der Waals surface area contributed by atoms with Gasteiger partial charge in [-0.1, -0.05) is 28.1 Å². The fourth-order valence-corrected chi connectivity index (χ4v) is 3.39. The first kappa shape index (κ1) is 14.2. The molecule has 4 nitrogen and oxygen atoms in total. The molecule has 1 aromatic heterocycles. The number of nitrogens with one attached hydrogen (secondary N) is 1. The van der Waals surface area contributed by atoms with Crippen LogP contribution < -0.4 is 0 Å². The number of aromatic amines is 1. The van der Waals surface area contributed by atoms with Crippen molar-refractivity contribution in [2.24, 2.45) is 0 Å². The number of fused-ring (bicyclic) bond motifs is 2. The number of aromatic nitrogens is 1. The Morgan fingerprint density at radius 1 is 1.00 bits per heavy atom. The van der Waals surface area contributed by atoms with E-state index in [9.17, 15) is 9.59 Å². The van der Waals surface area contributed by atoms with Crippen LogP contribution in [0.4, 0.5) is 0 Å². The quantitative estimate of drug-likeness (QED) is 0.715. The fraction of sp³-hybridized carbons (Fsp3) is 0.111. The molecule has 3 aromatic rings. The minimum atomic E-state index is -0.202. The topological polar surface area (TPSA) is 53.2 Å². The molecule has 23 heavy (non-hydrogen) atoms. The molecule has 1 aliphatic heterocycles. The third-order valence-corrected chi connectivity index (χ3v) is 4.71. The zero-order valence-corrected chi connectivity index (χ0v) is 13.8. The number of halogens is 1. The molecule has 0 radical (unpaired) electrons. The Balaban J connectivity index is 1.59. The molecule has 0 unspecified atom stereocenters. The number of carbonyl (C=O) groups excluding carboxylic acids is 2. The molecule has 1 aliphatic rings. The van der Waals surface area contributed by atoms with E-state index in [0.717, 1.165) is 20.9 Å². The van der Waals surface area contributed by atoms with E-state index < -0.39 is 0 Å². The highest BCUT2D eigenvalue weighted by molar-refractivity contribution is 9.10. The van der Waals surface area contributed by atoms with E-state index in [1.807, 2.05) is 24.4 Å². The van der Waals surface area contributed by atoms with Crippen molar-refractivity contribution in [2.75, 3.05) is 6.54 Å². The standard InChI is InChI=1S/C18H13BrN2O2/c19-12-5-6-16-15(9-12)11(10-20-16)7-8-21-17(22)13-3-1-2-4-14(13)18(21)23/h1-6,9-10,20H,7-8H2. The summed E-state index contributed by atoms with van der Waals surface area (Å²) in [6.45, 7) is 0.381. The van der Waals surface area contributed by atoms with Gasteiger partial charge in [-0.3, -0.25) is 14.5 Å². The molecule has 2 aromatic carbocycles. The summed E-state index contributed by atoms with van der Waals surface area (Å²) in [5.41, 5.74) is 3.14. The molecule has 0 saturated heterocycles. The van der Waals surface area contributed by atoms with Gasteiger partial charge in [-0.15, -0.1) is 0 Å². The van der Waals surface area contributed by atoms with Crippen LogP contribution in [0.1, 0.15) is 26.3 Å². The van der Waals surface area contributed by atoms with Crippen LogP contribution in [0.5, 0.6) is 0 Å². The lowest BCUT2D eigenvalue weighted by molar-refractivity contribution is 0.0656. The number of imide groups is 1. The summed E-state index contributed by atoms with van der Waals surface area (Å²) >= 11 is 3.47. The maximum Gasteiger partial charge on any atom is 0.261 e. The van der Waals surface area contributed by atoms with Crippen LogP contribution in [0.15, 0.2) is 53.1 Å². The van der Waals surface area contributed by atoms with Gasteiger partial charge >= 0.3 is 0 Å². The SMILES string of the molecule is O=C1c2ccccc2C(=O)N1CCc1c[nH]c2ccc(Br)cc12. The maximum atomic E-state index is 12.4. The summed E-state index contributed by atoms with van der Waals surface area (Å²) in [5, 5.41) is 1.11. The van der Waals surface area contributed by atoms with Crippen LogP contribution in [-0.2, 0) is 6.42 Å². The Kier molecular flexibility index (Phi) is 3.31. The maximum absolute atomic E-state index is 12.4. The van der Waals surface area contributed by atoms with Gasteiger partial charge in [0.1, 0.15) is 0 Å². The van der Waals surface area contributed by atoms with E-state index in [-0.39, 0.29) is 11.8 Å². The number of carbonyl (C=O) groups is 2. The second kappa shape index (κ2) is 5.35. The average molecular weight is 369 g/mol. The lowest BCUT2D eigenvalue weighted by atomic mass is 10.1. The highest BCUT2D eigenvalue weighted by atomic mass is 79.9. The summed E-state index contributed by atoms with van der Waals surface area (Å²) in [4.78, 5) is 29.3. The Bertz CT molecular complexity index is 910. The molecular formula is C18H13BrN2O2. The van der Waals surface area contributed by atoms with Crippen molar-refractivity contribution < 1.29 is 9.59 Å². The molecule has 0 aliphatic carbocycles. The second-order valence-corrected chi connectivity index (χ2v) is 6.48. The van der Waals surface area contributed by atoms with Crippen molar-refractivity contribution in [1.29, 1.82) is 0 Å². The normalized spacial score (nSPS) is 13.9. The number of hydrogen-bond acceptors (Lipinski definition) is 2. The van der Waals surface area contributed by atoms with Gasteiger partial charge in [-0.05, 0) is 42.3 Å². The van der Waals surface area contributed by atoms with Gasteiger partial charge in [-0.2, -0.15) is 0 Å². The Labute approximate surface area is 141 Å². The molecule has 0 atom stereocenters. The molecule has 1 N–H and O–H groups in total. The second-order valence-electron chi connectivity index (χ2n) is 5.56.